The maximum atomic E-state index is 16.6. The van der Waals surface area contributed by atoms with E-state index in [9.17, 15) is 24.3 Å². The van der Waals surface area contributed by atoms with Crippen molar-refractivity contribution in [3.05, 3.63) is 71.2 Å². The van der Waals surface area contributed by atoms with Crippen LogP contribution in [0.4, 0.5) is 4.79 Å². The highest BCUT2D eigenvalue weighted by atomic mass is 28.4. The zero-order valence-corrected chi connectivity index (χ0v) is 49.1. The number of benzene rings is 1. The molecule has 1 aromatic carbocycles. The molecule has 0 unspecified atom stereocenters. The van der Waals surface area contributed by atoms with Crippen LogP contribution in [0.2, 0.25) is 36.3 Å². The summed E-state index contributed by atoms with van der Waals surface area (Å²) < 4.78 is 58.7. The molecule has 6 rings (SSSR count). The Kier molecular flexibility index (Phi) is 17.5. The Morgan fingerprint density at radius 2 is 1.43 bits per heavy atom. The van der Waals surface area contributed by atoms with Crippen molar-refractivity contribution >= 4 is 52.4 Å². The van der Waals surface area contributed by atoms with Crippen molar-refractivity contribution in [1.29, 1.82) is 0 Å². The van der Waals surface area contributed by atoms with Gasteiger partial charge in [-0.05, 0) is 113 Å². The normalized spacial score (nSPS) is 29.6. The second kappa shape index (κ2) is 22.0. The van der Waals surface area contributed by atoms with Crippen LogP contribution in [0, 0.1) is 16.7 Å². The number of aliphatic hydroxyl groups is 1. The zero-order valence-electron chi connectivity index (χ0n) is 47.1. The molecule has 17 nitrogen and oxygen atoms in total. The zero-order chi connectivity index (χ0) is 55.9. The summed E-state index contributed by atoms with van der Waals surface area (Å²) >= 11 is 0. The summed E-state index contributed by atoms with van der Waals surface area (Å²) in [5, 5.41) is 17.3. The van der Waals surface area contributed by atoms with Crippen molar-refractivity contribution in [1.82, 2.24) is 5.32 Å². The number of esters is 4. The summed E-state index contributed by atoms with van der Waals surface area (Å²) in [5.74, 6) is -5.27. The fraction of sp³-hybridized carbons (Fsp3) is 0.679. The number of carbonyl (C=O) groups excluding carboxylic acids is 6. The molecule has 11 atom stereocenters. The quantitative estimate of drug-likeness (QED) is 0.0578. The van der Waals surface area contributed by atoms with Crippen molar-refractivity contribution in [3.8, 4) is 0 Å². The van der Waals surface area contributed by atoms with Gasteiger partial charge in [0.25, 0.3) is 0 Å². The predicted octanol–water partition coefficient (Wildman–Crippen LogP) is 9.87. The molecule has 0 radical (unpaired) electrons. The van der Waals surface area contributed by atoms with Gasteiger partial charge < -0.3 is 52.1 Å². The van der Waals surface area contributed by atoms with Gasteiger partial charge in [-0.3, -0.25) is 14.4 Å². The third-order valence-corrected chi connectivity index (χ3v) is 26.9. The van der Waals surface area contributed by atoms with Crippen molar-refractivity contribution in [3.63, 3.8) is 0 Å². The molecular formula is C56H83NO16Si2. The van der Waals surface area contributed by atoms with E-state index in [4.69, 9.17) is 41.7 Å². The maximum absolute atomic E-state index is 16.6. The van der Waals surface area contributed by atoms with Gasteiger partial charge in [0.05, 0.1) is 35.9 Å². The molecule has 1 aliphatic heterocycles. The van der Waals surface area contributed by atoms with Crippen molar-refractivity contribution < 1.29 is 75.6 Å². The van der Waals surface area contributed by atoms with Crippen molar-refractivity contribution in [2.24, 2.45) is 16.7 Å². The Morgan fingerprint density at radius 3 is 1.92 bits per heavy atom. The molecule has 0 spiro atoms. The number of ether oxygens (including phenoxy) is 6. The molecule has 1 saturated heterocycles. The number of carbonyl (C=O) groups is 6. The van der Waals surface area contributed by atoms with E-state index in [0.29, 0.717) is 36.3 Å². The lowest BCUT2D eigenvalue weighted by Gasteiger charge is -2.68. The highest BCUT2D eigenvalue weighted by Crippen LogP contribution is 2.65. The largest absolute Gasteiger partial charge is 0.467 e. The van der Waals surface area contributed by atoms with E-state index in [2.05, 4.69) is 26.1 Å². The van der Waals surface area contributed by atoms with Crippen LogP contribution in [0.15, 0.2) is 64.3 Å². The number of rotatable bonds is 19. The average Bonchev–Trinajstić information content (AvgIpc) is 3.89. The number of nitrogens with one attached hydrogen (secondary N) is 1. The van der Waals surface area contributed by atoms with E-state index >= 15 is 9.59 Å². The first-order valence-electron chi connectivity index (χ1n) is 26.8. The summed E-state index contributed by atoms with van der Waals surface area (Å²) in [5.41, 5.74) is -10.0. The summed E-state index contributed by atoms with van der Waals surface area (Å²) in [6, 6.07) is 13.9. The van der Waals surface area contributed by atoms with Gasteiger partial charge in [-0.1, -0.05) is 73.6 Å². The second-order valence-corrected chi connectivity index (χ2v) is 32.4. The highest BCUT2D eigenvalue weighted by molar-refractivity contribution is 6.74. The Balaban J connectivity index is 1.67. The first-order valence-corrected chi connectivity index (χ1v) is 31.9. The SMILES string of the molecule is CC[Si](CC)(CC)O[C@H]1C[C@H]2OC[C@@]2(OC(C)=O)[C@H]2[C@H](OC(=O)c3ccccc3)[C@]3(O)C[C@H](OC(=O)[C@](C)(O[Si](CC)(CC)CC)[C@@H](NC(=O)OC(C)(C)C)c4ccco4)C(C)=C([C@@H](OC(C)=O)C(=O)[C@]12C)C3(C)C. The van der Waals surface area contributed by atoms with E-state index in [1.807, 2.05) is 20.8 Å². The molecule has 1 aromatic heterocycles. The minimum absolute atomic E-state index is 0.0812. The van der Waals surface area contributed by atoms with Crippen LogP contribution >= 0.6 is 0 Å². The number of fused-ring (bicyclic) bond motifs is 5. The second-order valence-electron chi connectivity index (χ2n) is 23.0. The van der Waals surface area contributed by atoms with Crippen LogP contribution in [0.25, 0.3) is 0 Å². The van der Waals surface area contributed by atoms with E-state index in [1.165, 1.54) is 27.0 Å². The number of hydrogen-bond donors (Lipinski definition) is 2. The molecule has 416 valence electrons. The van der Waals surface area contributed by atoms with Crippen LogP contribution < -0.4 is 5.32 Å². The summed E-state index contributed by atoms with van der Waals surface area (Å²) in [4.78, 5) is 88.3. The van der Waals surface area contributed by atoms with Crippen LogP contribution in [-0.4, -0.2) is 117 Å². The lowest BCUT2D eigenvalue weighted by Crippen LogP contribution is -2.82. The van der Waals surface area contributed by atoms with Crippen LogP contribution in [0.5, 0.6) is 0 Å². The Bertz CT molecular complexity index is 2450. The number of Topliss-reactive ketones (excluding diaryl/α,β-unsaturated/α-hetero) is 1. The number of alkyl carbamates (subject to hydrolysis) is 1. The van der Waals surface area contributed by atoms with Gasteiger partial charge in [-0.25, -0.2) is 14.4 Å². The Labute approximate surface area is 445 Å². The monoisotopic (exact) mass is 1080 g/mol. The molecule has 4 aliphatic rings. The minimum atomic E-state index is -2.86. The average molecular weight is 1080 g/mol. The van der Waals surface area contributed by atoms with Gasteiger partial charge in [0.1, 0.15) is 41.3 Å². The number of ketones is 1. The van der Waals surface area contributed by atoms with E-state index in [-0.39, 0.29) is 35.5 Å². The molecule has 3 fully saturated rings. The topological polar surface area (TPSA) is 222 Å². The molecule has 19 heteroatoms. The standard InChI is InChI=1S/C56H83NO16Si2/c1-17-74(18-2,19-3)72-40-31-41-55(33-66-41,70-36(9)59)44-47(69-48(61)37-27-24-23-25-28-37)56(64)32-39(34(7)42(52(56,13)14)43(67-35(8)58)46(60)53(40,44)15)68-49(62)54(16,73-75(20-4,21-5)22-6)45(38-29-26-30-65-38)57-50(63)71-51(10,11)12/h23-30,39-41,43-45,47,64H,17-22,31-33H2,1-16H3,(H,57,63)/t39-,40-,41+,43+,44-,45-,47-,53+,54+,55-,56+/m0/s1. The third kappa shape index (κ3) is 10.7. The maximum Gasteiger partial charge on any atom is 0.408 e. The van der Waals surface area contributed by atoms with Crippen LogP contribution in [0.1, 0.15) is 146 Å². The van der Waals surface area contributed by atoms with Crippen molar-refractivity contribution in [2.45, 2.75) is 219 Å². The Hall–Kier alpha value is -4.67. The van der Waals surface area contributed by atoms with Gasteiger partial charge in [0.2, 0.25) is 0 Å². The smallest absolute Gasteiger partial charge is 0.408 e. The molecule has 2 N–H and O–H groups in total. The number of amides is 1. The van der Waals surface area contributed by atoms with Crippen molar-refractivity contribution in [2.75, 3.05) is 6.61 Å². The summed E-state index contributed by atoms with van der Waals surface area (Å²) in [6.07, 6.45) is -6.66. The molecule has 1 amide bonds. The van der Waals surface area contributed by atoms with E-state index in [0.717, 1.165) is 0 Å². The van der Waals surface area contributed by atoms with E-state index < -0.39 is 135 Å². The molecule has 3 aliphatic carbocycles. The van der Waals surface area contributed by atoms with Gasteiger partial charge >= 0.3 is 30.0 Å². The fourth-order valence-electron chi connectivity index (χ4n) is 12.7. The van der Waals surface area contributed by atoms with Gasteiger partial charge in [-0.15, -0.1) is 0 Å². The molecule has 2 bridgehead atoms. The molecule has 2 saturated carbocycles. The summed E-state index contributed by atoms with van der Waals surface area (Å²) in [6.45, 7) is 27.6. The Morgan fingerprint density at radius 1 is 0.827 bits per heavy atom. The molecule has 75 heavy (non-hydrogen) atoms. The first-order chi connectivity index (χ1) is 35.0. The molecule has 2 heterocycles. The lowest BCUT2D eigenvalue weighted by atomic mass is 9.44. The number of hydrogen-bond acceptors (Lipinski definition) is 16. The number of furan rings is 1. The predicted molar refractivity (Wildman–Crippen MR) is 282 cm³/mol. The van der Waals surface area contributed by atoms with Gasteiger partial charge in [0.15, 0.2) is 39.7 Å². The van der Waals surface area contributed by atoms with Gasteiger partial charge in [-0.2, -0.15) is 0 Å². The summed E-state index contributed by atoms with van der Waals surface area (Å²) in [7, 11) is -5.51. The highest BCUT2D eigenvalue weighted by Gasteiger charge is 2.79. The van der Waals surface area contributed by atoms with E-state index in [1.54, 1.807) is 90.9 Å². The fourth-order valence-corrected chi connectivity index (χ4v) is 18.7. The molecule has 2 aromatic rings. The first kappa shape index (κ1) is 59.6. The van der Waals surface area contributed by atoms with Crippen LogP contribution in [0.3, 0.4) is 0 Å². The third-order valence-electron chi connectivity index (χ3n) is 17.5. The minimum Gasteiger partial charge on any atom is -0.467 e. The lowest BCUT2D eigenvalue weighted by molar-refractivity contribution is -0.344. The van der Waals surface area contributed by atoms with Crippen LogP contribution in [-0.2, 0) is 56.5 Å². The molecular weight excluding hydrogens is 999 g/mol. The van der Waals surface area contributed by atoms with Gasteiger partial charge in [0, 0.05) is 32.1 Å².